The Hall–Kier alpha value is -1.25. The predicted octanol–water partition coefficient (Wildman–Crippen LogP) is -0.374. The van der Waals surface area contributed by atoms with Gasteiger partial charge in [-0.05, 0) is 0 Å². The second-order valence-electron chi connectivity index (χ2n) is 3.82. The minimum atomic E-state index is 1.07. The van der Waals surface area contributed by atoms with E-state index in [2.05, 4.69) is 54.3 Å². The lowest BCUT2D eigenvalue weighted by Crippen LogP contribution is -2.44. The van der Waals surface area contributed by atoms with Crippen molar-refractivity contribution in [2.75, 3.05) is 7.05 Å². The standard InChI is InChI=1S/C10H16N3/c1-8-5-9-10(13(8)4)6-11(2)7-12(9)3/h6-7H,5H2,1-4H3/q+3. The molecule has 0 amide bonds. The molecule has 1 aliphatic heterocycles. The Kier molecular flexibility index (Phi) is 1.68. The number of rotatable bonds is 0. The summed E-state index contributed by atoms with van der Waals surface area (Å²) < 4.78 is 6.55. The van der Waals surface area contributed by atoms with Gasteiger partial charge in [0.25, 0.3) is 11.9 Å². The van der Waals surface area contributed by atoms with Crippen LogP contribution in [0.2, 0.25) is 0 Å². The van der Waals surface area contributed by atoms with Crippen LogP contribution in [0.5, 0.6) is 0 Å². The zero-order chi connectivity index (χ0) is 9.59. The van der Waals surface area contributed by atoms with Crippen LogP contribution in [-0.4, -0.2) is 17.3 Å². The maximum Gasteiger partial charge on any atom is 0.406 e. The molecule has 3 nitrogen and oxygen atoms in total. The van der Waals surface area contributed by atoms with Gasteiger partial charge in [0.15, 0.2) is 5.71 Å². The highest BCUT2D eigenvalue weighted by Crippen LogP contribution is 2.19. The summed E-state index contributed by atoms with van der Waals surface area (Å²) in [7, 11) is 6.29. The van der Waals surface area contributed by atoms with Crippen molar-refractivity contribution in [3.63, 3.8) is 0 Å². The van der Waals surface area contributed by atoms with E-state index in [9.17, 15) is 0 Å². The Morgan fingerprint density at radius 2 is 1.92 bits per heavy atom. The molecule has 1 aromatic rings. The molecular weight excluding hydrogens is 162 g/mol. The topological polar surface area (TPSA) is 10.8 Å². The first kappa shape index (κ1) is 8.35. The largest absolute Gasteiger partial charge is 0.406 e. The third-order valence-corrected chi connectivity index (χ3v) is 2.76. The molecule has 3 heteroatoms. The molecule has 0 N–H and O–H groups in total. The van der Waals surface area contributed by atoms with Gasteiger partial charge < -0.3 is 0 Å². The van der Waals surface area contributed by atoms with Crippen LogP contribution in [0.25, 0.3) is 0 Å². The fourth-order valence-corrected chi connectivity index (χ4v) is 1.89. The van der Waals surface area contributed by atoms with Gasteiger partial charge >= 0.3 is 12.0 Å². The van der Waals surface area contributed by atoms with E-state index in [0.29, 0.717) is 0 Å². The Labute approximate surface area is 78.6 Å². The zero-order valence-electron chi connectivity index (χ0n) is 8.70. The van der Waals surface area contributed by atoms with E-state index in [1.807, 2.05) is 0 Å². The van der Waals surface area contributed by atoms with Crippen LogP contribution in [0.1, 0.15) is 12.6 Å². The van der Waals surface area contributed by atoms with Gasteiger partial charge in [0.2, 0.25) is 0 Å². The highest BCUT2D eigenvalue weighted by molar-refractivity contribution is 5.83. The summed E-state index contributed by atoms with van der Waals surface area (Å²) >= 11 is 0. The van der Waals surface area contributed by atoms with E-state index in [4.69, 9.17) is 0 Å². The molecule has 13 heavy (non-hydrogen) atoms. The van der Waals surface area contributed by atoms with Crippen LogP contribution in [-0.2, 0) is 20.5 Å². The number of fused-ring (bicyclic) bond motifs is 1. The van der Waals surface area contributed by atoms with Gasteiger partial charge in [0, 0.05) is 6.92 Å². The van der Waals surface area contributed by atoms with Gasteiger partial charge in [-0.25, -0.2) is 0 Å². The fourth-order valence-electron chi connectivity index (χ4n) is 1.89. The average Bonchev–Trinajstić information content (AvgIpc) is 2.32. The van der Waals surface area contributed by atoms with E-state index in [1.54, 1.807) is 0 Å². The van der Waals surface area contributed by atoms with Crippen LogP contribution in [0.15, 0.2) is 12.5 Å². The Morgan fingerprint density at radius 3 is 2.62 bits per heavy atom. The van der Waals surface area contributed by atoms with Crippen molar-refractivity contribution in [2.24, 2.45) is 14.1 Å². The van der Waals surface area contributed by atoms with E-state index >= 15 is 0 Å². The molecule has 0 radical (unpaired) electrons. The number of hydrogen-bond donors (Lipinski definition) is 0. The lowest BCUT2D eigenvalue weighted by molar-refractivity contribution is -0.810. The molecule has 2 heterocycles. The molecular formula is C10H16N3+3. The quantitative estimate of drug-likeness (QED) is 0.480. The van der Waals surface area contributed by atoms with Crippen molar-refractivity contribution in [3.05, 3.63) is 18.2 Å². The summed E-state index contributed by atoms with van der Waals surface area (Å²) in [6.07, 6.45) is 5.35. The third-order valence-electron chi connectivity index (χ3n) is 2.76. The summed E-state index contributed by atoms with van der Waals surface area (Å²) in [5.41, 5.74) is 4.14. The summed E-state index contributed by atoms with van der Waals surface area (Å²) in [6.45, 7) is 2.18. The van der Waals surface area contributed by atoms with Crippen LogP contribution in [0, 0.1) is 0 Å². The van der Waals surface area contributed by atoms with E-state index < -0.39 is 0 Å². The Bertz CT molecular complexity index is 405. The second kappa shape index (κ2) is 2.62. The molecule has 0 spiro atoms. The van der Waals surface area contributed by atoms with Gasteiger partial charge in [-0.3, -0.25) is 0 Å². The SMILES string of the molecule is CC1=[N+](C)c2c[n+](C)c[n+](C)c2C1. The predicted molar refractivity (Wildman–Crippen MR) is 49.0 cm³/mol. The lowest BCUT2D eigenvalue weighted by atomic mass is 10.2. The van der Waals surface area contributed by atoms with Crippen molar-refractivity contribution in [1.29, 1.82) is 0 Å². The highest BCUT2D eigenvalue weighted by Gasteiger charge is 2.34. The summed E-state index contributed by atoms with van der Waals surface area (Å²) in [6, 6.07) is 0. The van der Waals surface area contributed by atoms with Crippen molar-refractivity contribution in [3.8, 4) is 0 Å². The molecule has 2 rings (SSSR count). The Morgan fingerprint density at radius 1 is 1.23 bits per heavy atom. The van der Waals surface area contributed by atoms with Gasteiger partial charge in [0.05, 0.1) is 0 Å². The molecule has 1 aliphatic rings. The number of hydrogen-bond acceptors (Lipinski definition) is 0. The summed E-state index contributed by atoms with van der Waals surface area (Å²) in [5, 5.41) is 0. The molecule has 68 valence electrons. The summed E-state index contributed by atoms with van der Waals surface area (Å²) in [5.74, 6) is 0. The second-order valence-corrected chi connectivity index (χ2v) is 3.82. The first-order valence-electron chi connectivity index (χ1n) is 4.53. The van der Waals surface area contributed by atoms with Gasteiger partial charge in [-0.2, -0.15) is 4.58 Å². The normalized spacial score (nSPS) is 15.1. The van der Waals surface area contributed by atoms with Crippen molar-refractivity contribution < 1.29 is 13.7 Å². The molecule has 0 aliphatic carbocycles. The van der Waals surface area contributed by atoms with Crippen LogP contribution in [0.4, 0.5) is 5.69 Å². The average molecular weight is 178 g/mol. The van der Waals surface area contributed by atoms with Crippen molar-refractivity contribution in [1.82, 2.24) is 0 Å². The van der Waals surface area contributed by atoms with Crippen LogP contribution < -0.4 is 9.13 Å². The highest BCUT2D eigenvalue weighted by atomic mass is 15.1. The van der Waals surface area contributed by atoms with E-state index in [-0.39, 0.29) is 0 Å². The van der Waals surface area contributed by atoms with E-state index in [0.717, 1.165) is 6.42 Å². The van der Waals surface area contributed by atoms with Crippen molar-refractivity contribution >= 4 is 11.4 Å². The molecule has 1 aromatic heterocycles. The third kappa shape index (κ3) is 1.15. The smallest absolute Gasteiger partial charge is 0.192 e. The maximum absolute atomic E-state index is 2.26. The zero-order valence-corrected chi connectivity index (χ0v) is 8.70. The molecule has 0 atom stereocenters. The maximum atomic E-state index is 2.26. The molecule has 0 unspecified atom stereocenters. The van der Waals surface area contributed by atoms with Gasteiger partial charge in [-0.15, -0.1) is 9.13 Å². The molecule has 0 aromatic carbocycles. The molecule has 0 saturated carbocycles. The van der Waals surface area contributed by atoms with Gasteiger partial charge in [0.1, 0.15) is 27.6 Å². The van der Waals surface area contributed by atoms with Crippen molar-refractivity contribution in [2.45, 2.75) is 13.3 Å². The lowest BCUT2D eigenvalue weighted by Gasteiger charge is -1.91. The van der Waals surface area contributed by atoms with Crippen LogP contribution in [0.3, 0.4) is 0 Å². The molecule has 0 fully saturated rings. The fraction of sp³-hybridized carbons (Fsp3) is 0.500. The summed E-state index contributed by atoms with van der Waals surface area (Å²) in [4.78, 5) is 0. The number of aryl methyl sites for hydroxylation is 2. The first-order valence-corrected chi connectivity index (χ1v) is 4.53. The minimum absolute atomic E-state index is 1.07. The molecule has 0 saturated heterocycles. The number of aromatic nitrogens is 2. The molecule has 0 bridgehead atoms. The minimum Gasteiger partial charge on any atom is -0.192 e. The Balaban J connectivity index is 2.67. The van der Waals surface area contributed by atoms with Gasteiger partial charge in [-0.1, -0.05) is 0 Å². The first-order chi connectivity index (χ1) is 6.09. The monoisotopic (exact) mass is 178 g/mol. The number of nitrogens with zero attached hydrogens (tertiary/aromatic N) is 3. The van der Waals surface area contributed by atoms with E-state index in [1.165, 1.54) is 17.1 Å². The van der Waals surface area contributed by atoms with Crippen LogP contribution >= 0.6 is 0 Å².